The van der Waals surface area contributed by atoms with E-state index >= 15 is 0 Å². The molecule has 120 valence electrons. The van der Waals surface area contributed by atoms with Crippen LogP contribution in [0.5, 0.6) is 11.5 Å². The number of amides is 1. The first-order valence-corrected chi connectivity index (χ1v) is 7.69. The number of carbonyl (C=O) groups excluding carboxylic acids is 1. The molecule has 3 rings (SSSR count). The second-order valence-corrected chi connectivity index (χ2v) is 5.61. The maximum atomic E-state index is 12.0. The van der Waals surface area contributed by atoms with E-state index in [4.69, 9.17) is 27.9 Å². The maximum Gasteiger partial charge on any atom is 0.276 e. The number of ether oxygens (including phenoxy) is 1. The summed E-state index contributed by atoms with van der Waals surface area (Å²) in [6.07, 6.45) is 1.50. The van der Waals surface area contributed by atoms with Crippen molar-refractivity contribution in [2.24, 2.45) is 0 Å². The van der Waals surface area contributed by atoms with Crippen LogP contribution in [0.2, 0.25) is 10.0 Å². The third-order valence-corrected chi connectivity index (χ3v) is 3.55. The number of hydrogen-bond donors (Lipinski definition) is 1. The van der Waals surface area contributed by atoms with Crippen LogP contribution in [-0.4, -0.2) is 16.1 Å². The van der Waals surface area contributed by atoms with Crippen molar-refractivity contribution in [2.45, 2.75) is 0 Å². The van der Waals surface area contributed by atoms with Crippen LogP contribution < -0.4 is 10.1 Å². The average molecular weight is 360 g/mol. The number of anilines is 1. The standard InChI is InChI=1S/C17H11Cl2N3O2/c18-11-3-1-4-13(9-11)24-16-7-6-12(10-14(16)19)21-17(23)15-5-2-8-20-22-15/h1-10H,(H,21,23). The summed E-state index contributed by atoms with van der Waals surface area (Å²) in [5.74, 6) is 0.653. The zero-order valence-corrected chi connectivity index (χ0v) is 13.8. The average Bonchev–Trinajstić information content (AvgIpc) is 2.58. The topological polar surface area (TPSA) is 64.1 Å². The smallest absolute Gasteiger partial charge is 0.276 e. The van der Waals surface area contributed by atoms with Gasteiger partial charge in [-0.05, 0) is 48.5 Å². The largest absolute Gasteiger partial charge is 0.456 e. The van der Waals surface area contributed by atoms with E-state index in [1.807, 2.05) is 0 Å². The minimum Gasteiger partial charge on any atom is -0.456 e. The van der Waals surface area contributed by atoms with E-state index in [0.29, 0.717) is 27.2 Å². The van der Waals surface area contributed by atoms with Crippen molar-refractivity contribution in [2.75, 3.05) is 5.32 Å². The van der Waals surface area contributed by atoms with E-state index in [0.717, 1.165) is 0 Å². The highest BCUT2D eigenvalue weighted by molar-refractivity contribution is 6.32. The van der Waals surface area contributed by atoms with Gasteiger partial charge in [0, 0.05) is 16.9 Å². The lowest BCUT2D eigenvalue weighted by molar-refractivity contribution is 0.102. The highest BCUT2D eigenvalue weighted by Crippen LogP contribution is 2.32. The molecule has 1 amide bonds. The molecule has 0 bridgehead atoms. The number of benzene rings is 2. The molecule has 0 saturated heterocycles. The van der Waals surface area contributed by atoms with Gasteiger partial charge in [0.15, 0.2) is 5.69 Å². The molecular weight excluding hydrogens is 349 g/mol. The first-order chi connectivity index (χ1) is 11.6. The number of hydrogen-bond acceptors (Lipinski definition) is 4. The highest BCUT2D eigenvalue weighted by atomic mass is 35.5. The van der Waals surface area contributed by atoms with E-state index < -0.39 is 0 Å². The Hall–Kier alpha value is -2.63. The molecule has 3 aromatic rings. The van der Waals surface area contributed by atoms with E-state index in [1.54, 1.807) is 54.6 Å². The fraction of sp³-hybridized carbons (Fsp3) is 0. The van der Waals surface area contributed by atoms with Crippen molar-refractivity contribution in [3.8, 4) is 11.5 Å². The molecule has 0 aliphatic carbocycles. The minimum absolute atomic E-state index is 0.216. The summed E-state index contributed by atoms with van der Waals surface area (Å²) in [6, 6.07) is 15.1. The first-order valence-electron chi connectivity index (χ1n) is 6.94. The predicted octanol–water partition coefficient (Wildman–Crippen LogP) is 4.83. The zero-order chi connectivity index (χ0) is 16.9. The molecule has 0 spiro atoms. The molecule has 2 aromatic carbocycles. The van der Waals surface area contributed by atoms with Gasteiger partial charge in [-0.1, -0.05) is 29.3 Å². The predicted molar refractivity (Wildman–Crippen MR) is 93.0 cm³/mol. The van der Waals surface area contributed by atoms with Gasteiger partial charge in [0.25, 0.3) is 5.91 Å². The monoisotopic (exact) mass is 359 g/mol. The van der Waals surface area contributed by atoms with E-state index in [1.165, 1.54) is 6.20 Å². The van der Waals surface area contributed by atoms with Crippen molar-refractivity contribution < 1.29 is 9.53 Å². The van der Waals surface area contributed by atoms with Gasteiger partial charge >= 0.3 is 0 Å². The number of rotatable bonds is 4. The molecule has 0 aliphatic rings. The Morgan fingerprint density at radius 3 is 2.62 bits per heavy atom. The summed E-state index contributed by atoms with van der Waals surface area (Å²) in [4.78, 5) is 12.0. The van der Waals surface area contributed by atoms with Gasteiger partial charge in [0.2, 0.25) is 0 Å². The lowest BCUT2D eigenvalue weighted by atomic mass is 10.2. The van der Waals surface area contributed by atoms with Crippen LogP contribution in [0.1, 0.15) is 10.5 Å². The molecule has 1 aromatic heterocycles. The number of nitrogens with zero attached hydrogens (tertiary/aromatic N) is 2. The molecule has 1 N–H and O–H groups in total. The molecule has 7 heteroatoms. The van der Waals surface area contributed by atoms with Gasteiger partial charge in [-0.25, -0.2) is 0 Å². The second-order valence-electron chi connectivity index (χ2n) is 4.77. The second kappa shape index (κ2) is 7.29. The Balaban J connectivity index is 1.74. The number of aromatic nitrogens is 2. The molecule has 24 heavy (non-hydrogen) atoms. The van der Waals surface area contributed by atoms with Crippen LogP contribution in [-0.2, 0) is 0 Å². The molecule has 1 heterocycles. The number of carbonyl (C=O) groups is 1. The summed E-state index contributed by atoms with van der Waals surface area (Å²) in [5.41, 5.74) is 0.738. The SMILES string of the molecule is O=C(Nc1ccc(Oc2cccc(Cl)c2)c(Cl)c1)c1cccnn1. The summed E-state index contributed by atoms with van der Waals surface area (Å²) in [5, 5.41) is 11.0. The Bertz CT molecular complexity index is 873. The van der Waals surface area contributed by atoms with Crippen molar-refractivity contribution in [1.82, 2.24) is 10.2 Å². The molecule has 0 radical (unpaired) electrons. The van der Waals surface area contributed by atoms with Crippen molar-refractivity contribution in [3.63, 3.8) is 0 Å². The molecule has 0 saturated carbocycles. The fourth-order valence-electron chi connectivity index (χ4n) is 1.94. The molecule has 0 atom stereocenters. The quantitative estimate of drug-likeness (QED) is 0.724. The van der Waals surface area contributed by atoms with Gasteiger partial charge in [-0.15, -0.1) is 5.10 Å². The molecule has 5 nitrogen and oxygen atoms in total. The van der Waals surface area contributed by atoms with Crippen molar-refractivity contribution in [3.05, 3.63) is 76.5 Å². The van der Waals surface area contributed by atoms with E-state index in [-0.39, 0.29) is 11.6 Å². The van der Waals surface area contributed by atoms with Gasteiger partial charge in [-0.2, -0.15) is 5.10 Å². The summed E-state index contributed by atoms with van der Waals surface area (Å²) >= 11 is 12.1. The van der Waals surface area contributed by atoms with Gasteiger partial charge in [0.05, 0.1) is 5.02 Å². The van der Waals surface area contributed by atoms with Crippen LogP contribution >= 0.6 is 23.2 Å². The van der Waals surface area contributed by atoms with Crippen molar-refractivity contribution >= 4 is 34.8 Å². The van der Waals surface area contributed by atoms with Crippen LogP contribution in [0.25, 0.3) is 0 Å². The molecule has 0 unspecified atom stereocenters. The zero-order valence-electron chi connectivity index (χ0n) is 12.2. The molecule has 0 fully saturated rings. The lowest BCUT2D eigenvalue weighted by Crippen LogP contribution is -2.13. The van der Waals surface area contributed by atoms with Crippen LogP contribution in [0.4, 0.5) is 5.69 Å². The van der Waals surface area contributed by atoms with Gasteiger partial charge < -0.3 is 10.1 Å². The van der Waals surface area contributed by atoms with E-state index in [2.05, 4.69) is 15.5 Å². The molecule has 0 aliphatic heterocycles. The normalized spacial score (nSPS) is 10.2. The molecular formula is C17H11Cl2N3O2. The number of nitrogens with one attached hydrogen (secondary N) is 1. The Kier molecular flexibility index (Phi) is 4.93. The lowest BCUT2D eigenvalue weighted by Gasteiger charge is -2.10. The number of halogens is 2. The first kappa shape index (κ1) is 16.2. The van der Waals surface area contributed by atoms with Crippen LogP contribution in [0, 0.1) is 0 Å². The minimum atomic E-state index is -0.373. The summed E-state index contributed by atoms with van der Waals surface area (Å²) < 4.78 is 5.68. The van der Waals surface area contributed by atoms with Crippen LogP contribution in [0.3, 0.4) is 0 Å². The van der Waals surface area contributed by atoms with Gasteiger partial charge in [0.1, 0.15) is 11.5 Å². The Morgan fingerprint density at radius 2 is 1.92 bits per heavy atom. The summed E-state index contributed by atoms with van der Waals surface area (Å²) in [6.45, 7) is 0. The third-order valence-electron chi connectivity index (χ3n) is 3.02. The Labute approximate surface area is 148 Å². The van der Waals surface area contributed by atoms with Crippen molar-refractivity contribution in [1.29, 1.82) is 0 Å². The Morgan fingerprint density at radius 1 is 1.04 bits per heavy atom. The van der Waals surface area contributed by atoms with E-state index in [9.17, 15) is 4.79 Å². The van der Waals surface area contributed by atoms with Gasteiger partial charge in [-0.3, -0.25) is 4.79 Å². The fourth-order valence-corrected chi connectivity index (χ4v) is 2.34. The third kappa shape index (κ3) is 4.01. The summed E-state index contributed by atoms with van der Waals surface area (Å²) in [7, 11) is 0. The van der Waals surface area contributed by atoms with Crippen LogP contribution in [0.15, 0.2) is 60.8 Å². The maximum absolute atomic E-state index is 12.0. The highest BCUT2D eigenvalue weighted by Gasteiger charge is 2.10.